The van der Waals surface area contributed by atoms with Crippen molar-refractivity contribution in [2.24, 2.45) is 17.3 Å². The molecule has 0 N–H and O–H groups in total. The van der Waals surface area contributed by atoms with E-state index in [1.54, 1.807) is 0 Å². The normalized spacial score (nSPS) is 26.4. The van der Waals surface area contributed by atoms with Gasteiger partial charge in [0.05, 0.1) is 5.38 Å². The van der Waals surface area contributed by atoms with E-state index in [1.165, 1.54) is 35.4 Å². The zero-order chi connectivity index (χ0) is 14.0. The molecule has 1 aliphatic carbocycles. The highest BCUT2D eigenvalue weighted by Gasteiger charge is 2.33. The van der Waals surface area contributed by atoms with Crippen molar-refractivity contribution in [2.45, 2.75) is 65.2 Å². The van der Waals surface area contributed by atoms with Crippen LogP contribution >= 0.6 is 22.9 Å². The highest BCUT2D eigenvalue weighted by molar-refractivity contribution is 7.12. The minimum absolute atomic E-state index is 0.242. The van der Waals surface area contributed by atoms with Gasteiger partial charge in [0.2, 0.25) is 0 Å². The molecule has 1 unspecified atom stereocenters. The van der Waals surface area contributed by atoms with E-state index in [2.05, 4.69) is 39.8 Å². The Balaban J connectivity index is 1.94. The molecule has 0 saturated heterocycles. The Labute approximate surface area is 127 Å². The number of rotatable bonds is 3. The zero-order valence-corrected chi connectivity index (χ0v) is 14.3. The second-order valence-corrected chi connectivity index (χ2v) is 8.71. The minimum atomic E-state index is 0.242. The van der Waals surface area contributed by atoms with Gasteiger partial charge in [-0.05, 0) is 61.5 Å². The molecule has 0 aliphatic heterocycles. The fraction of sp³-hybridized carbons (Fsp3) is 0.765. The lowest BCUT2D eigenvalue weighted by atomic mass is 9.69. The summed E-state index contributed by atoms with van der Waals surface area (Å²) in [4.78, 5) is 2.85. The third-order valence-electron chi connectivity index (χ3n) is 4.71. The number of alkyl halides is 1. The van der Waals surface area contributed by atoms with Gasteiger partial charge in [0.15, 0.2) is 0 Å². The lowest BCUT2D eigenvalue weighted by Gasteiger charge is -2.38. The Morgan fingerprint density at radius 1 is 1.21 bits per heavy atom. The fourth-order valence-electron chi connectivity index (χ4n) is 3.24. The smallest absolute Gasteiger partial charge is 0.0706 e. The third-order valence-corrected chi connectivity index (χ3v) is 6.75. The van der Waals surface area contributed by atoms with Crippen LogP contribution in [0, 0.1) is 17.3 Å². The van der Waals surface area contributed by atoms with Crippen molar-refractivity contribution >= 4 is 22.9 Å². The summed E-state index contributed by atoms with van der Waals surface area (Å²) in [6.45, 7) is 9.35. The van der Waals surface area contributed by atoms with Crippen LogP contribution in [-0.4, -0.2) is 0 Å². The SMILES string of the molecule is CCc1ccc(C(Cl)C2CCC(C(C)(C)C)CC2)s1. The maximum absolute atomic E-state index is 6.73. The van der Waals surface area contributed by atoms with Crippen LogP contribution in [0.5, 0.6) is 0 Å². The largest absolute Gasteiger partial charge is 0.144 e. The standard InChI is InChI=1S/C17H27ClS/c1-5-14-10-11-15(19-14)16(18)12-6-8-13(9-7-12)17(2,3)4/h10-13,16H,5-9H2,1-4H3. The van der Waals surface area contributed by atoms with Gasteiger partial charge < -0.3 is 0 Å². The van der Waals surface area contributed by atoms with Gasteiger partial charge in [-0.25, -0.2) is 0 Å². The third kappa shape index (κ3) is 3.76. The molecule has 1 aromatic heterocycles. The molecule has 0 nitrogen and oxygen atoms in total. The summed E-state index contributed by atoms with van der Waals surface area (Å²) < 4.78 is 0. The zero-order valence-electron chi connectivity index (χ0n) is 12.7. The molecule has 1 saturated carbocycles. The first-order valence-electron chi connectivity index (χ1n) is 7.64. The highest BCUT2D eigenvalue weighted by atomic mass is 35.5. The molecule has 1 heterocycles. The summed E-state index contributed by atoms with van der Waals surface area (Å²) in [5.74, 6) is 1.56. The Morgan fingerprint density at radius 2 is 1.84 bits per heavy atom. The fourth-order valence-corrected chi connectivity index (χ4v) is 4.73. The molecule has 0 spiro atoms. The first kappa shape index (κ1) is 15.4. The van der Waals surface area contributed by atoms with E-state index in [9.17, 15) is 0 Å². The molecular weight excluding hydrogens is 272 g/mol. The lowest BCUT2D eigenvalue weighted by molar-refractivity contribution is 0.148. The predicted molar refractivity (Wildman–Crippen MR) is 87.2 cm³/mol. The van der Waals surface area contributed by atoms with Crippen LogP contribution in [0.1, 0.15) is 68.5 Å². The summed E-state index contributed by atoms with van der Waals surface area (Å²) in [6, 6.07) is 4.49. The summed E-state index contributed by atoms with van der Waals surface area (Å²) in [5, 5.41) is 0.242. The summed E-state index contributed by atoms with van der Waals surface area (Å²) in [6.07, 6.45) is 6.43. The van der Waals surface area contributed by atoms with Crippen molar-refractivity contribution in [3.63, 3.8) is 0 Å². The molecule has 0 aromatic carbocycles. The molecule has 108 valence electrons. The lowest BCUT2D eigenvalue weighted by Crippen LogP contribution is -2.27. The molecule has 0 amide bonds. The van der Waals surface area contributed by atoms with E-state index >= 15 is 0 Å². The molecule has 19 heavy (non-hydrogen) atoms. The maximum Gasteiger partial charge on any atom is 0.0706 e. The predicted octanol–water partition coefficient (Wildman–Crippen LogP) is 6.44. The summed E-state index contributed by atoms with van der Waals surface area (Å²) in [5.41, 5.74) is 0.463. The Bertz CT molecular complexity index is 394. The van der Waals surface area contributed by atoms with Crippen molar-refractivity contribution < 1.29 is 0 Å². The van der Waals surface area contributed by atoms with E-state index in [0.717, 1.165) is 12.3 Å². The molecule has 2 rings (SSSR count). The average Bonchev–Trinajstić information content (AvgIpc) is 2.86. The van der Waals surface area contributed by atoms with Gasteiger partial charge in [0.25, 0.3) is 0 Å². The van der Waals surface area contributed by atoms with Gasteiger partial charge in [-0.3, -0.25) is 0 Å². The van der Waals surface area contributed by atoms with E-state index in [0.29, 0.717) is 11.3 Å². The molecule has 1 aromatic rings. The Morgan fingerprint density at radius 3 is 2.32 bits per heavy atom. The number of thiophene rings is 1. The highest BCUT2D eigenvalue weighted by Crippen LogP contribution is 2.46. The minimum Gasteiger partial charge on any atom is -0.144 e. The number of hydrogen-bond acceptors (Lipinski definition) is 1. The molecular formula is C17H27ClS. The molecule has 2 heteroatoms. The summed E-state index contributed by atoms with van der Waals surface area (Å²) in [7, 11) is 0. The van der Waals surface area contributed by atoms with Crippen LogP contribution in [-0.2, 0) is 6.42 Å². The molecule has 0 bridgehead atoms. The molecule has 1 aliphatic rings. The Kier molecular flexibility index (Phi) is 5.00. The first-order chi connectivity index (χ1) is 8.91. The van der Waals surface area contributed by atoms with Gasteiger partial charge in [-0.1, -0.05) is 27.7 Å². The van der Waals surface area contributed by atoms with E-state index in [-0.39, 0.29) is 5.38 Å². The van der Waals surface area contributed by atoms with Gasteiger partial charge in [-0.2, -0.15) is 0 Å². The monoisotopic (exact) mass is 298 g/mol. The molecule has 0 radical (unpaired) electrons. The van der Waals surface area contributed by atoms with Crippen LogP contribution in [0.3, 0.4) is 0 Å². The van der Waals surface area contributed by atoms with Crippen LogP contribution < -0.4 is 0 Å². The van der Waals surface area contributed by atoms with Crippen molar-refractivity contribution in [1.29, 1.82) is 0 Å². The second-order valence-electron chi connectivity index (χ2n) is 7.04. The van der Waals surface area contributed by atoms with Gasteiger partial charge in [0, 0.05) is 9.75 Å². The number of hydrogen-bond donors (Lipinski definition) is 0. The van der Waals surface area contributed by atoms with Gasteiger partial charge >= 0.3 is 0 Å². The van der Waals surface area contributed by atoms with Crippen LogP contribution in [0.4, 0.5) is 0 Å². The number of halogens is 1. The van der Waals surface area contributed by atoms with Crippen molar-refractivity contribution in [1.82, 2.24) is 0 Å². The average molecular weight is 299 g/mol. The van der Waals surface area contributed by atoms with Gasteiger partial charge in [0.1, 0.15) is 0 Å². The van der Waals surface area contributed by atoms with Crippen molar-refractivity contribution in [2.75, 3.05) is 0 Å². The summed E-state index contributed by atoms with van der Waals surface area (Å²) >= 11 is 8.64. The molecule has 1 atom stereocenters. The Hall–Kier alpha value is -0.0100. The van der Waals surface area contributed by atoms with Crippen LogP contribution in [0.25, 0.3) is 0 Å². The van der Waals surface area contributed by atoms with E-state index in [4.69, 9.17) is 11.6 Å². The maximum atomic E-state index is 6.73. The van der Waals surface area contributed by atoms with Crippen LogP contribution in [0.15, 0.2) is 12.1 Å². The second kappa shape index (κ2) is 6.18. The van der Waals surface area contributed by atoms with Crippen molar-refractivity contribution in [3.05, 3.63) is 21.9 Å². The van der Waals surface area contributed by atoms with Gasteiger partial charge in [-0.15, -0.1) is 22.9 Å². The quantitative estimate of drug-likeness (QED) is 0.563. The van der Waals surface area contributed by atoms with Crippen LogP contribution in [0.2, 0.25) is 0 Å². The molecule has 1 fully saturated rings. The van der Waals surface area contributed by atoms with E-state index in [1.807, 2.05) is 11.3 Å². The van der Waals surface area contributed by atoms with E-state index < -0.39 is 0 Å². The first-order valence-corrected chi connectivity index (χ1v) is 8.89. The topological polar surface area (TPSA) is 0 Å². The number of aryl methyl sites for hydroxylation is 1. The van der Waals surface area contributed by atoms with Crippen molar-refractivity contribution in [3.8, 4) is 0 Å².